The van der Waals surface area contributed by atoms with Crippen molar-refractivity contribution in [2.45, 2.75) is 10.9 Å². The zero-order valence-electron chi connectivity index (χ0n) is 7.90. The quantitative estimate of drug-likeness (QED) is 0.620. The Morgan fingerprint density at radius 2 is 2.33 bits per heavy atom. The number of anilines is 1. The van der Waals surface area contributed by atoms with E-state index in [1.807, 2.05) is 0 Å². The maximum absolute atomic E-state index is 13.5. The Labute approximate surface area is 90.9 Å². The zero-order chi connectivity index (χ0) is 10.7. The molecule has 5 heteroatoms. The second-order valence-corrected chi connectivity index (χ2v) is 3.97. The highest BCUT2D eigenvalue weighted by Gasteiger charge is 2.06. The van der Waals surface area contributed by atoms with Gasteiger partial charge in [-0.05, 0) is 6.07 Å². The summed E-state index contributed by atoms with van der Waals surface area (Å²) in [5.74, 6) is 0.182. The predicted octanol–water partition coefficient (Wildman–Crippen LogP) is 2.42. The minimum Gasteiger partial charge on any atom is -0.396 e. The number of nitrogens with one attached hydrogen (secondary N) is 1. The number of hydrogen-bond acceptors (Lipinski definition) is 3. The number of nitrogens with two attached hydrogens (primary N) is 1. The third-order valence-electron chi connectivity index (χ3n) is 1.95. The van der Waals surface area contributed by atoms with Gasteiger partial charge in [0.1, 0.15) is 5.82 Å². The summed E-state index contributed by atoms with van der Waals surface area (Å²) < 4.78 is 13.5. The van der Waals surface area contributed by atoms with E-state index in [1.165, 1.54) is 11.8 Å². The van der Waals surface area contributed by atoms with Crippen LogP contribution in [0.3, 0.4) is 0 Å². The van der Waals surface area contributed by atoms with Crippen LogP contribution in [0.1, 0.15) is 5.56 Å². The number of H-pyrrole nitrogens is 1. The summed E-state index contributed by atoms with van der Waals surface area (Å²) in [7, 11) is 0. The second-order valence-electron chi connectivity index (χ2n) is 3.00. The van der Waals surface area contributed by atoms with Gasteiger partial charge in [0, 0.05) is 23.7 Å². The van der Waals surface area contributed by atoms with E-state index >= 15 is 0 Å². The van der Waals surface area contributed by atoms with Gasteiger partial charge in [0.25, 0.3) is 0 Å². The fourth-order valence-electron chi connectivity index (χ4n) is 1.19. The van der Waals surface area contributed by atoms with Crippen molar-refractivity contribution in [3.8, 4) is 0 Å². The average molecular weight is 223 g/mol. The van der Waals surface area contributed by atoms with Gasteiger partial charge < -0.3 is 10.7 Å². The molecule has 0 aliphatic carbocycles. The molecule has 0 radical (unpaired) electrons. The van der Waals surface area contributed by atoms with E-state index in [1.54, 1.807) is 30.6 Å². The fraction of sp³-hybridized carbons (Fsp3) is 0.100. The van der Waals surface area contributed by atoms with Crippen LogP contribution in [0.2, 0.25) is 0 Å². The minimum absolute atomic E-state index is 0.188. The van der Waals surface area contributed by atoms with Gasteiger partial charge in [0.2, 0.25) is 0 Å². The molecule has 0 atom stereocenters. The summed E-state index contributed by atoms with van der Waals surface area (Å²) >= 11 is 1.44. The van der Waals surface area contributed by atoms with Gasteiger partial charge in [-0.2, -0.15) is 0 Å². The van der Waals surface area contributed by atoms with E-state index in [0.29, 0.717) is 11.3 Å². The highest BCUT2D eigenvalue weighted by atomic mass is 32.2. The fourth-order valence-corrected chi connectivity index (χ4v) is 1.99. The van der Waals surface area contributed by atoms with Crippen molar-refractivity contribution in [3.63, 3.8) is 0 Å². The van der Waals surface area contributed by atoms with Crippen LogP contribution in [-0.4, -0.2) is 9.97 Å². The Bertz CT molecular complexity index is 442. The van der Waals surface area contributed by atoms with Gasteiger partial charge in [0.15, 0.2) is 5.16 Å². The molecule has 0 saturated carbocycles. The second kappa shape index (κ2) is 4.35. The lowest BCUT2D eigenvalue weighted by Gasteiger charge is -2.03. The highest BCUT2D eigenvalue weighted by molar-refractivity contribution is 7.98. The lowest BCUT2D eigenvalue weighted by atomic mass is 10.2. The number of imidazole rings is 1. The van der Waals surface area contributed by atoms with Crippen molar-refractivity contribution in [2.75, 3.05) is 5.73 Å². The summed E-state index contributed by atoms with van der Waals surface area (Å²) in [5, 5.41) is 0.775. The molecule has 0 spiro atoms. The smallest absolute Gasteiger partial charge is 0.165 e. The Morgan fingerprint density at radius 3 is 3.07 bits per heavy atom. The average Bonchev–Trinajstić information content (AvgIpc) is 2.73. The maximum Gasteiger partial charge on any atom is 0.165 e. The number of thioether (sulfide) groups is 1. The molecule has 1 aromatic carbocycles. The first-order chi connectivity index (χ1) is 7.27. The molecule has 0 aliphatic heterocycles. The van der Waals surface area contributed by atoms with E-state index in [9.17, 15) is 4.39 Å². The summed E-state index contributed by atoms with van der Waals surface area (Å²) in [5.41, 5.74) is 6.24. The molecule has 15 heavy (non-hydrogen) atoms. The first-order valence-corrected chi connectivity index (χ1v) is 5.41. The van der Waals surface area contributed by atoms with Gasteiger partial charge in [-0.25, -0.2) is 9.37 Å². The van der Waals surface area contributed by atoms with Crippen molar-refractivity contribution in [1.82, 2.24) is 9.97 Å². The van der Waals surface area contributed by atoms with Gasteiger partial charge in [-0.15, -0.1) is 0 Å². The minimum atomic E-state index is -0.337. The molecule has 2 aromatic rings. The first-order valence-electron chi connectivity index (χ1n) is 4.42. The van der Waals surface area contributed by atoms with E-state index in [2.05, 4.69) is 9.97 Å². The largest absolute Gasteiger partial charge is 0.396 e. The number of nitrogens with zero attached hydrogens (tertiary/aromatic N) is 1. The van der Waals surface area contributed by atoms with Crippen molar-refractivity contribution in [1.29, 1.82) is 0 Å². The number of benzene rings is 1. The lowest BCUT2D eigenvalue weighted by Crippen LogP contribution is -1.95. The predicted molar refractivity (Wildman–Crippen MR) is 59.0 cm³/mol. The topological polar surface area (TPSA) is 54.7 Å². The van der Waals surface area contributed by atoms with Crippen LogP contribution >= 0.6 is 11.8 Å². The third-order valence-corrected chi connectivity index (χ3v) is 2.90. The Balaban J connectivity index is 2.08. The van der Waals surface area contributed by atoms with Crippen molar-refractivity contribution < 1.29 is 4.39 Å². The number of nitrogen functional groups attached to an aromatic ring is 1. The van der Waals surface area contributed by atoms with Crippen LogP contribution < -0.4 is 5.73 Å². The van der Waals surface area contributed by atoms with Crippen molar-refractivity contribution in [3.05, 3.63) is 42.0 Å². The molecular formula is C10H10FN3S. The van der Waals surface area contributed by atoms with Crippen LogP contribution in [0.4, 0.5) is 10.1 Å². The molecule has 0 bridgehead atoms. The molecule has 0 aliphatic rings. The van der Waals surface area contributed by atoms with Gasteiger partial charge >= 0.3 is 0 Å². The molecule has 78 valence electrons. The van der Waals surface area contributed by atoms with Crippen LogP contribution in [-0.2, 0) is 5.75 Å². The maximum atomic E-state index is 13.5. The van der Waals surface area contributed by atoms with E-state index in [-0.39, 0.29) is 11.5 Å². The highest BCUT2D eigenvalue weighted by Crippen LogP contribution is 2.23. The Hall–Kier alpha value is -1.49. The lowest BCUT2D eigenvalue weighted by molar-refractivity contribution is 0.622. The summed E-state index contributed by atoms with van der Waals surface area (Å²) in [4.78, 5) is 6.98. The van der Waals surface area contributed by atoms with E-state index < -0.39 is 0 Å². The van der Waals surface area contributed by atoms with Crippen LogP contribution in [0.25, 0.3) is 0 Å². The monoisotopic (exact) mass is 223 g/mol. The molecule has 0 unspecified atom stereocenters. The normalized spacial score (nSPS) is 10.5. The van der Waals surface area contributed by atoms with Crippen LogP contribution in [0, 0.1) is 5.82 Å². The van der Waals surface area contributed by atoms with Crippen molar-refractivity contribution >= 4 is 17.4 Å². The SMILES string of the molecule is Nc1cccc(CSc2ncc[nH]2)c1F. The number of halogens is 1. The summed E-state index contributed by atoms with van der Waals surface area (Å²) in [6.45, 7) is 0. The molecule has 1 aromatic heterocycles. The number of aromatic nitrogens is 2. The third kappa shape index (κ3) is 2.30. The van der Waals surface area contributed by atoms with Gasteiger partial charge in [-0.3, -0.25) is 0 Å². The van der Waals surface area contributed by atoms with Crippen LogP contribution in [0.5, 0.6) is 0 Å². The first kappa shape index (κ1) is 10.0. The van der Waals surface area contributed by atoms with Crippen LogP contribution in [0.15, 0.2) is 35.7 Å². The number of aromatic amines is 1. The summed E-state index contributed by atoms with van der Waals surface area (Å²) in [6.07, 6.45) is 3.40. The van der Waals surface area contributed by atoms with E-state index in [4.69, 9.17) is 5.73 Å². The van der Waals surface area contributed by atoms with Crippen molar-refractivity contribution in [2.24, 2.45) is 0 Å². The Kier molecular flexibility index (Phi) is 2.91. The molecule has 2 rings (SSSR count). The molecule has 3 nitrogen and oxygen atoms in total. The zero-order valence-corrected chi connectivity index (χ0v) is 8.72. The Morgan fingerprint density at radius 1 is 1.47 bits per heavy atom. The molecule has 3 N–H and O–H groups in total. The molecule has 0 fully saturated rings. The van der Waals surface area contributed by atoms with Gasteiger partial charge in [-0.1, -0.05) is 23.9 Å². The van der Waals surface area contributed by atoms with E-state index in [0.717, 1.165) is 5.16 Å². The molecule has 0 saturated heterocycles. The number of hydrogen-bond donors (Lipinski definition) is 2. The molecule has 1 heterocycles. The standard InChI is InChI=1S/C10H10FN3S/c11-9-7(2-1-3-8(9)12)6-15-10-13-4-5-14-10/h1-5H,6,12H2,(H,13,14). The number of rotatable bonds is 3. The summed E-state index contributed by atoms with van der Waals surface area (Å²) in [6, 6.07) is 5.02. The van der Waals surface area contributed by atoms with Gasteiger partial charge in [0.05, 0.1) is 5.69 Å². The molecular weight excluding hydrogens is 213 g/mol. The molecule has 0 amide bonds.